The van der Waals surface area contributed by atoms with E-state index >= 15 is 0 Å². The van der Waals surface area contributed by atoms with Gasteiger partial charge in [0.1, 0.15) is 22.5 Å². The molecule has 0 fully saturated rings. The highest BCUT2D eigenvalue weighted by Crippen LogP contribution is 2.42. The van der Waals surface area contributed by atoms with Crippen LogP contribution < -0.4 is 0 Å². The van der Waals surface area contributed by atoms with Crippen LogP contribution in [0.15, 0.2) is 108 Å². The first kappa shape index (κ1) is 27.2. The van der Waals surface area contributed by atoms with Crippen molar-refractivity contribution in [3.8, 4) is 28.2 Å². The molecule has 0 amide bonds. The fourth-order valence-corrected chi connectivity index (χ4v) is 6.57. The van der Waals surface area contributed by atoms with Crippen molar-refractivity contribution in [1.82, 2.24) is 19.7 Å². The smallest absolute Gasteiger partial charge is 0.201 e. The van der Waals surface area contributed by atoms with Crippen molar-refractivity contribution in [1.29, 1.82) is 0 Å². The molecule has 3 aromatic heterocycles. The fraction of sp³-hybridized carbons (Fsp3) is 0.154. The van der Waals surface area contributed by atoms with Crippen molar-refractivity contribution in [3.63, 3.8) is 0 Å². The van der Waals surface area contributed by atoms with Crippen molar-refractivity contribution >= 4 is 44.0 Å². The molecule has 220 valence electrons. The lowest BCUT2D eigenvalue weighted by Crippen LogP contribution is -2.09. The summed E-state index contributed by atoms with van der Waals surface area (Å²) in [6.45, 7) is 8.93. The largest absolute Gasteiger partial charge is 0.455 e. The lowest BCUT2D eigenvalue weighted by atomic mass is 9.92. The highest BCUT2D eigenvalue weighted by Gasteiger charge is 2.26. The summed E-state index contributed by atoms with van der Waals surface area (Å²) in [6.07, 6.45) is 0. The minimum atomic E-state index is -0.267. The zero-order valence-corrected chi connectivity index (χ0v) is 25.5. The maximum atomic E-state index is 14.1. The summed E-state index contributed by atoms with van der Waals surface area (Å²) in [7, 11) is 0. The summed E-state index contributed by atoms with van der Waals surface area (Å²) < 4.78 is 23.0. The molecular formula is C39H31FN4O. The van der Waals surface area contributed by atoms with E-state index in [-0.39, 0.29) is 17.7 Å². The Kier molecular flexibility index (Phi) is 6.27. The number of hydrogen-bond donors (Lipinski definition) is 0. The van der Waals surface area contributed by atoms with Gasteiger partial charge in [0.15, 0.2) is 5.82 Å². The van der Waals surface area contributed by atoms with E-state index in [0.717, 1.165) is 66.6 Å². The van der Waals surface area contributed by atoms with Gasteiger partial charge in [-0.1, -0.05) is 94.4 Å². The molecule has 0 atom stereocenters. The van der Waals surface area contributed by atoms with Gasteiger partial charge in [-0.3, -0.25) is 4.57 Å². The lowest BCUT2D eigenvalue weighted by Gasteiger charge is -2.22. The van der Waals surface area contributed by atoms with Gasteiger partial charge < -0.3 is 4.42 Å². The van der Waals surface area contributed by atoms with Gasteiger partial charge in [0, 0.05) is 16.2 Å². The average Bonchev–Trinajstić information content (AvgIpc) is 3.62. The number of halogens is 1. The van der Waals surface area contributed by atoms with Crippen LogP contribution in [0, 0.1) is 5.82 Å². The molecule has 0 bridgehead atoms. The Morgan fingerprint density at radius 1 is 0.667 bits per heavy atom. The van der Waals surface area contributed by atoms with Crippen LogP contribution >= 0.6 is 0 Å². The number of aromatic nitrogens is 4. The van der Waals surface area contributed by atoms with Crippen molar-refractivity contribution in [2.75, 3.05) is 0 Å². The molecule has 0 saturated heterocycles. The van der Waals surface area contributed by atoms with Gasteiger partial charge in [0.05, 0.1) is 16.8 Å². The van der Waals surface area contributed by atoms with Gasteiger partial charge in [-0.05, 0) is 70.5 Å². The highest BCUT2D eigenvalue weighted by atomic mass is 19.1. The van der Waals surface area contributed by atoms with Crippen LogP contribution in [0.5, 0.6) is 0 Å². The van der Waals surface area contributed by atoms with Gasteiger partial charge in [-0.25, -0.2) is 9.37 Å². The van der Waals surface area contributed by atoms with E-state index in [2.05, 4.69) is 91.0 Å². The maximum absolute atomic E-state index is 14.1. The monoisotopic (exact) mass is 590 g/mol. The summed E-state index contributed by atoms with van der Waals surface area (Å²) in [4.78, 5) is 5.19. The van der Waals surface area contributed by atoms with Crippen LogP contribution in [0.25, 0.3) is 72.2 Å². The van der Waals surface area contributed by atoms with Crippen molar-refractivity contribution in [2.45, 2.75) is 39.5 Å². The third-order valence-electron chi connectivity index (χ3n) is 8.73. The second kappa shape index (κ2) is 10.4. The molecule has 45 heavy (non-hydrogen) atoms. The fourth-order valence-electron chi connectivity index (χ4n) is 6.57. The zero-order valence-electron chi connectivity index (χ0n) is 25.5. The maximum Gasteiger partial charge on any atom is 0.201 e. The molecule has 0 aliphatic heterocycles. The Hall–Kier alpha value is -5.36. The predicted molar refractivity (Wildman–Crippen MR) is 180 cm³/mol. The molecule has 6 heteroatoms. The zero-order chi connectivity index (χ0) is 30.8. The summed E-state index contributed by atoms with van der Waals surface area (Å²) in [5.41, 5.74) is 9.95. The second-order valence-corrected chi connectivity index (χ2v) is 12.3. The normalized spacial score (nSPS) is 12.1. The molecule has 0 saturated carbocycles. The van der Waals surface area contributed by atoms with Crippen LogP contribution in [0.2, 0.25) is 0 Å². The van der Waals surface area contributed by atoms with E-state index in [9.17, 15) is 4.39 Å². The summed E-state index contributed by atoms with van der Waals surface area (Å²) in [6, 6.07) is 33.6. The van der Waals surface area contributed by atoms with Crippen molar-refractivity contribution < 1.29 is 8.81 Å². The number of fused-ring (bicyclic) bond motifs is 6. The molecule has 8 aromatic rings. The predicted octanol–water partition coefficient (Wildman–Crippen LogP) is 10.6. The van der Waals surface area contributed by atoms with Gasteiger partial charge >= 0.3 is 0 Å². The summed E-state index contributed by atoms with van der Waals surface area (Å²) in [5, 5.41) is 12.1. The van der Waals surface area contributed by atoms with Gasteiger partial charge in [-0.15, -0.1) is 10.2 Å². The minimum absolute atomic E-state index is 0.267. The minimum Gasteiger partial charge on any atom is -0.455 e. The number of rotatable bonds is 5. The number of para-hydroxylation sites is 2. The van der Waals surface area contributed by atoms with Crippen LogP contribution in [-0.4, -0.2) is 19.7 Å². The number of nitrogens with zero attached hydrogens (tertiary/aromatic N) is 4. The molecule has 0 aliphatic carbocycles. The lowest BCUT2D eigenvalue weighted by molar-refractivity contribution is 0.628. The molecule has 8 rings (SSSR count). The molecule has 0 spiro atoms. The topological polar surface area (TPSA) is 56.7 Å². The first-order valence-corrected chi connectivity index (χ1v) is 15.4. The number of benzene rings is 5. The Bertz CT molecular complexity index is 2390. The molecule has 5 nitrogen and oxygen atoms in total. The molecular weight excluding hydrogens is 559 g/mol. The van der Waals surface area contributed by atoms with E-state index in [1.807, 2.05) is 36.4 Å². The van der Waals surface area contributed by atoms with E-state index < -0.39 is 0 Å². The summed E-state index contributed by atoms with van der Waals surface area (Å²) >= 11 is 0. The Balaban J connectivity index is 1.47. The first-order valence-electron chi connectivity index (χ1n) is 15.4. The van der Waals surface area contributed by atoms with Gasteiger partial charge in [0.2, 0.25) is 5.65 Å². The van der Waals surface area contributed by atoms with E-state index in [4.69, 9.17) is 9.40 Å². The molecule has 0 radical (unpaired) electrons. The first-order chi connectivity index (χ1) is 21.9. The van der Waals surface area contributed by atoms with E-state index in [1.165, 1.54) is 17.2 Å². The third kappa shape index (κ3) is 4.32. The van der Waals surface area contributed by atoms with Crippen LogP contribution in [0.3, 0.4) is 0 Å². The second-order valence-electron chi connectivity index (χ2n) is 12.3. The van der Waals surface area contributed by atoms with Gasteiger partial charge in [-0.2, -0.15) is 0 Å². The van der Waals surface area contributed by atoms with Crippen LogP contribution in [0.1, 0.15) is 50.7 Å². The van der Waals surface area contributed by atoms with Crippen molar-refractivity contribution in [3.05, 3.63) is 120 Å². The van der Waals surface area contributed by atoms with E-state index in [0.29, 0.717) is 5.65 Å². The SMILES string of the molecule is CC(C)c1cccc(C(C)C)c1-n1c(-c2cccc3c2oc2cc(-c4cccc(F)c4)ccc23)nc2nnc3ccccc3c21. The Morgan fingerprint density at radius 2 is 1.38 bits per heavy atom. The molecule has 5 aromatic carbocycles. The number of hydrogen-bond acceptors (Lipinski definition) is 4. The molecule has 0 N–H and O–H groups in total. The van der Waals surface area contributed by atoms with Gasteiger partial charge in [0.25, 0.3) is 0 Å². The average molecular weight is 591 g/mol. The Labute approximate surface area is 260 Å². The standard InChI is InChI=1S/C39H31FN4O/c1-22(2)27-13-8-14-28(23(3)4)35(27)44-36-31-12-5-6-17-33(31)42-43-38(36)41-39(44)32-16-9-15-30-29-19-18-25(21-34(29)45-37(30)32)24-10-7-11-26(40)20-24/h5-23H,1-4H3. The quantitative estimate of drug-likeness (QED) is 0.200. The van der Waals surface area contributed by atoms with E-state index in [1.54, 1.807) is 12.1 Å². The van der Waals surface area contributed by atoms with Crippen LogP contribution in [0.4, 0.5) is 4.39 Å². The number of imidazole rings is 1. The molecule has 3 heterocycles. The summed E-state index contributed by atoms with van der Waals surface area (Å²) in [5.74, 6) is 1.03. The highest BCUT2D eigenvalue weighted by molar-refractivity contribution is 6.11. The Morgan fingerprint density at radius 3 is 2.16 bits per heavy atom. The van der Waals surface area contributed by atoms with Crippen LogP contribution in [-0.2, 0) is 0 Å². The molecule has 0 unspecified atom stereocenters. The molecule has 0 aliphatic rings. The van der Waals surface area contributed by atoms with Crippen molar-refractivity contribution in [2.24, 2.45) is 0 Å². The number of furan rings is 1. The third-order valence-corrected chi connectivity index (χ3v) is 8.73.